The Bertz CT molecular complexity index is 42.2. The molecule has 0 bridgehead atoms. The van der Waals surface area contributed by atoms with Crippen LogP contribution in [0.3, 0.4) is 0 Å². The Morgan fingerprint density at radius 2 is 1.71 bits per heavy atom. The molecule has 0 aliphatic carbocycles. The zero-order chi connectivity index (χ0) is 6.28. The molecule has 0 aromatic rings. The number of hydrogen-bond donors (Lipinski definition) is 1. The summed E-state index contributed by atoms with van der Waals surface area (Å²) in [6.07, 6.45) is 0. The Morgan fingerprint density at radius 1 is 1.71 bits per heavy atom. The third-order valence-electron chi connectivity index (χ3n) is 0. The highest BCUT2D eigenvalue weighted by Gasteiger charge is 1.72. The largest absolute Gasteiger partial charge is 0.397 e. The summed E-state index contributed by atoms with van der Waals surface area (Å²) in [5.41, 5.74) is 0. The van der Waals surface area contributed by atoms with E-state index in [1.54, 1.807) is 6.92 Å². The fourth-order valence-electron chi connectivity index (χ4n) is 0. The van der Waals surface area contributed by atoms with Crippen LogP contribution in [0.5, 0.6) is 0 Å². The fraction of sp³-hybridized carbons (Fsp3) is 0.667. The van der Waals surface area contributed by atoms with Crippen molar-refractivity contribution in [3.63, 3.8) is 0 Å². The van der Waals surface area contributed by atoms with Gasteiger partial charge in [0.15, 0.2) is 0 Å². The lowest BCUT2D eigenvalue weighted by Gasteiger charge is -1.52. The van der Waals surface area contributed by atoms with E-state index in [4.69, 9.17) is 9.90 Å². The summed E-state index contributed by atoms with van der Waals surface area (Å²) in [7, 11) is 0. The number of rotatable bonds is 0. The Labute approximate surface area is 52.0 Å². The van der Waals surface area contributed by atoms with E-state index in [1.165, 1.54) is 0 Å². The van der Waals surface area contributed by atoms with E-state index >= 15 is 0 Å². The molecule has 0 aromatic heterocycles. The molecule has 0 rings (SSSR count). The summed E-state index contributed by atoms with van der Waals surface area (Å²) >= 11 is 8.80. The minimum atomic E-state index is -0.889. The third kappa shape index (κ3) is 2500. The van der Waals surface area contributed by atoms with Crippen molar-refractivity contribution in [1.82, 2.24) is 0 Å². The molecule has 4 heteroatoms. The van der Waals surface area contributed by atoms with Crippen LogP contribution in [0, 0.1) is 0 Å². The first-order chi connectivity index (χ1) is 3.15. The maximum atomic E-state index is 8.98. The molecular formula is C3H6Cl2O2. The minimum absolute atomic E-state index is 0.250. The molecule has 0 fully saturated rings. The van der Waals surface area contributed by atoms with Gasteiger partial charge < -0.3 is 5.11 Å². The van der Waals surface area contributed by atoms with Crippen LogP contribution in [0.25, 0.3) is 0 Å². The second kappa shape index (κ2) is 9.51. The van der Waals surface area contributed by atoms with Crippen LogP contribution in [0.2, 0.25) is 0 Å². The van der Waals surface area contributed by atoms with E-state index in [2.05, 4.69) is 23.2 Å². The van der Waals surface area contributed by atoms with Crippen LogP contribution in [0.4, 0.5) is 4.79 Å². The highest BCUT2D eigenvalue weighted by Crippen LogP contribution is 1.84. The third-order valence-corrected chi connectivity index (χ3v) is 0. The summed E-state index contributed by atoms with van der Waals surface area (Å²) < 4.78 is -0.889. The van der Waals surface area contributed by atoms with Crippen molar-refractivity contribution in [1.29, 1.82) is 0 Å². The summed E-state index contributed by atoms with van der Waals surface area (Å²) in [4.78, 5) is 8.98. The molecule has 0 saturated carbocycles. The van der Waals surface area contributed by atoms with Crippen molar-refractivity contribution in [2.45, 2.75) is 6.92 Å². The van der Waals surface area contributed by atoms with Crippen molar-refractivity contribution >= 4 is 27.9 Å². The van der Waals surface area contributed by atoms with Crippen molar-refractivity contribution in [3.05, 3.63) is 0 Å². The highest BCUT2D eigenvalue weighted by molar-refractivity contribution is 6.93. The maximum Gasteiger partial charge on any atom is 0.313 e. The zero-order valence-corrected chi connectivity index (χ0v) is 5.33. The van der Waals surface area contributed by atoms with Gasteiger partial charge in [0, 0.05) is 6.61 Å². The number of aliphatic hydroxyl groups is 1. The molecule has 0 spiro atoms. The molecule has 0 heterocycles. The highest BCUT2D eigenvalue weighted by atomic mass is 35.5. The Balaban J connectivity index is 0. The van der Waals surface area contributed by atoms with Gasteiger partial charge in [-0.15, -0.1) is 0 Å². The average molecular weight is 145 g/mol. The zero-order valence-electron chi connectivity index (χ0n) is 3.82. The second-order valence-electron chi connectivity index (χ2n) is 0.542. The second-order valence-corrected chi connectivity index (χ2v) is 1.42. The standard InChI is InChI=1S/C2H6O.CCl2O/c1-2-3;2-1(3)4/h3H,2H2,1H3;. The van der Waals surface area contributed by atoms with Crippen LogP contribution >= 0.6 is 23.2 Å². The molecule has 0 aromatic carbocycles. The first-order valence-electron chi connectivity index (χ1n) is 1.61. The summed E-state index contributed by atoms with van der Waals surface area (Å²) in [6, 6.07) is 0. The van der Waals surface area contributed by atoms with E-state index in [0.29, 0.717) is 0 Å². The van der Waals surface area contributed by atoms with E-state index in [9.17, 15) is 0 Å². The first-order valence-corrected chi connectivity index (χ1v) is 2.36. The van der Waals surface area contributed by atoms with Gasteiger partial charge in [0.2, 0.25) is 0 Å². The number of aliphatic hydroxyl groups excluding tert-OH is 1. The van der Waals surface area contributed by atoms with Crippen LogP contribution < -0.4 is 0 Å². The molecule has 0 aliphatic heterocycles. The molecular weight excluding hydrogens is 139 g/mol. The number of carbonyl (C=O) groups excluding carboxylic acids is 1. The van der Waals surface area contributed by atoms with E-state index < -0.39 is 4.70 Å². The molecule has 7 heavy (non-hydrogen) atoms. The maximum absolute atomic E-state index is 8.98. The molecule has 0 atom stereocenters. The van der Waals surface area contributed by atoms with Gasteiger partial charge >= 0.3 is 4.70 Å². The predicted molar refractivity (Wildman–Crippen MR) is 29.9 cm³/mol. The quantitative estimate of drug-likeness (QED) is 0.525. The number of carbonyl (C=O) groups is 1. The fourth-order valence-corrected chi connectivity index (χ4v) is 0. The molecule has 0 unspecified atom stereocenters. The molecule has 0 aliphatic rings. The van der Waals surface area contributed by atoms with Gasteiger partial charge in [-0.05, 0) is 30.1 Å². The van der Waals surface area contributed by atoms with Crippen molar-refractivity contribution < 1.29 is 9.90 Å². The first kappa shape index (κ1) is 10.2. The van der Waals surface area contributed by atoms with Gasteiger partial charge in [-0.25, -0.2) is 0 Å². The Morgan fingerprint density at radius 3 is 1.71 bits per heavy atom. The summed E-state index contributed by atoms with van der Waals surface area (Å²) in [5, 5.41) is 7.57. The normalized spacial score (nSPS) is 6.29. The van der Waals surface area contributed by atoms with Gasteiger partial charge in [-0.3, -0.25) is 4.79 Å². The molecule has 0 radical (unpaired) electrons. The lowest BCUT2D eigenvalue weighted by atomic mass is 10.9. The van der Waals surface area contributed by atoms with Gasteiger partial charge in [0.1, 0.15) is 0 Å². The minimum Gasteiger partial charge on any atom is -0.397 e. The topological polar surface area (TPSA) is 37.3 Å². The SMILES string of the molecule is CCO.O=C(Cl)Cl. The lowest BCUT2D eigenvalue weighted by Crippen LogP contribution is -1.57. The van der Waals surface area contributed by atoms with E-state index in [1.807, 2.05) is 0 Å². The van der Waals surface area contributed by atoms with E-state index in [0.717, 1.165) is 0 Å². The smallest absolute Gasteiger partial charge is 0.313 e. The Kier molecular flexibility index (Phi) is 13.9. The monoisotopic (exact) mass is 144 g/mol. The van der Waals surface area contributed by atoms with Gasteiger partial charge in [0.05, 0.1) is 0 Å². The number of halogens is 2. The van der Waals surface area contributed by atoms with Crippen LogP contribution in [0.15, 0.2) is 0 Å². The predicted octanol–water partition coefficient (Wildman–Crippen LogP) is 1.58. The van der Waals surface area contributed by atoms with Crippen LogP contribution in [-0.2, 0) is 0 Å². The van der Waals surface area contributed by atoms with Crippen LogP contribution in [-0.4, -0.2) is 16.4 Å². The van der Waals surface area contributed by atoms with Gasteiger partial charge in [-0.2, -0.15) is 0 Å². The lowest BCUT2D eigenvalue weighted by molar-refractivity contribution is 0.275. The summed E-state index contributed by atoms with van der Waals surface area (Å²) in [6.45, 7) is 1.93. The van der Waals surface area contributed by atoms with Crippen LogP contribution in [0.1, 0.15) is 6.92 Å². The van der Waals surface area contributed by atoms with Crippen molar-refractivity contribution in [2.24, 2.45) is 0 Å². The number of hydrogen-bond acceptors (Lipinski definition) is 2. The van der Waals surface area contributed by atoms with Crippen molar-refractivity contribution in [3.8, 4) is 0 Å². The van der Waals surface area contributed by atoms with Crippen molar-refractivity contribution in [2.75, 3.05) is 6.61 Å². The average Bonchev–Trinajstić information content (AvgIpc) is 1.33. The van der Waals surface area contributed by atoms with Gasteiger partial charge in [-0.1, -0.05) is 0 Å². The van der Waals surface area contributed by atoms with Gasteiger partial charge in [0.25, 0.3) is 0 Å². The molecule has 2 nitrogen and oxygen atoms in total. The summed E-state index contributed by atoms with van der Waals surface area (Å²) in [5.74, 6) is 0. The molecule has 44 valence electrons. The molecule has 0 amide bonds. The Hall–Kier alpha value is 0.210. The molecule has 1 N–H and O–H groups in total. The van der Waals surface area contributed by atoms with E-state index in [-0.39, 0.29) is 6.61 Å². The molecule has 0 saturated heterocycles.